The van der Waals surface area contributed by atoms with E-state index in [1.54, 1.807) is 11.3 Å². The van der Waals surface area contributed by atoms with Crippen molar-refractivity contribution in [2.24, 2.45) is 0 Å². The number of likely N-dealkylation sites (tertiary alicyclic amines) is 1. The van der Waals surface area contributed by atoms with Gasteiger partial charge in [0.05, 0.1) is 17.7 Å². The van der Waals surface area contributed by atoms with Gasteiger partial charge in [0.25, 0.3) is 0 Å². The molecule has 2 N–H and O–H groups in total. The number of aliphatic hydroxyl groups is 1. The summed E-state index contributed by atoms with van der Waals surface area (Å²) in [6.07, 6.45) is 0.597. The third-order valence-corrected chi connectivity index (χ3v) is 5.82. The van der Waals surface area contributed by atoms with Crippen LogP contribution in [0.25, 0.3) is 0 Å². The van der Waals surface area contributed by atoms with E-state index in [0.29, 0.717) is 6.42 Å². The highest BCUT2D eigenvalue weighted by atomic mass is 32.1. The van der Waals surface area contributed by atoms with Gasteiger partial charge in [-0.25, -0.2) is 0 Å². The van der Waals surface area contributed by atoms with Crippen LogP contribution in [0.3, 0.4) is 0 Å². The Labute approximate surface area is 158 Å². The van der Waals surface area contributed by atoms with Gasteiger partial charge in [-0.15, -0.1) is 11.3 Å². The number of hydrogen-bond donors (Lipinski definition) is 2. The van der Waals surface area contributed by atoms with Crippen LogP contribution in [0.1, 0.15) is 29.8 Å². The van der Waals surface area contributed by atoms with Gasteiger partial charge in [-0.3, -0.25) is 9.69 Å². The maximum absolute atomic E-state index is 12.2. The summed E-state index contributed by atoms with van der Waals surface area (Å²) in [6, 6.07) is 13.7. The van der Waals surface area contributed by atoms with Crippen molar-refractivity contribution in [1.82, 2.24) is 10.2 Å². The van der Waals surface area contributed by atoms with Crippen molar-refractivity contribution in [2.45, 2.75) is 37.6 Å². The standard InChI is InChI=1S/C20H26N2O3S/c1-20(24)10-11-22(13-16-9-6-12-26-16)18(15-7-4-3-5-8-15)19(20)21-17(23)14-25-2/h3-9,12,18-19,24H,10-11,13-14H2,1-2H3,(H,21,23)/t18-,19-,20+/m0/s1. The first-order chi connectivity index (χ1) is 12.5. The van der Waals surface area contributed by atoms with E-state index in [0.717, 1.165) is 18.7 Å². The molecular weight excluding hydrogens is 348 g/mol. The molecule has 0 bridgehead atoms. The van der Waals surface area contributed by atoms with E-state index < -0.39 is 11.6 Å². The van der Waals surface area contributed by atoms with Crippen LogP contribution in [0.15, 0.2) is 47.8 Å². The number of nitrogens with zero attached hydrogens (tertiary/aromatic N) is 1. The minimum absolute atomic E-state index is 0.0149. The van der Waals surface area contributed by atoms with Crippen LogP contribution in [0.5, 0.6) is 0 Å². The molecule has 0 aliphatic carbocycles. The Bertz CT molecular complexity index is 703. The molecule has 1 aliphatic heterocycles. The smallest absolute Gasteiger partial charge is 0.246 e. The number of methoxy groups -OCH3 is 1. The van der Waals surface area contributed by atoms with Crippen molar-refractivity contribution in [1.29, 1.82) is 0 Å². The topological polar surface area (TPSA) is 61.8 Å². The molecule has 0 radical (unpaired) electrons. The molecular formula is C20H26N2O3S. The molecule has 3 rings (SSSR count). The molecule has 0 unspecified atom stereocenters. The fourth-order valence-corrected chi connectivity index (χ4v) is 4.36. The minimum Gasteiger partial charge on any atom is -0.388 e. The summed E-state index contributed by atoms with van der Waals surface area (Å²) in [4.78, 5) is 15.9. The molecule has 1 saturated heterocycles. The first-order valence-electron chi connectivity index (χ1n) is 8.83. The molecule has 1 amide bonds. The maximum atomic E-state index is 12.2. The van der Waals surface area contributed by atoms with E-state index >= 15 is 0 Å². The number of hydrogen-bond acceptors (Lipinski definition) is 5. The molecule has 1 aromatic heterocycles. The zero-order valence-electron chi connectivity index (χ0n) is 15.2. The number of carbonyl (C=O) groups is 1. The van der Waals surface area contributed by atoms with Gasteiger partial charge < -0.3 is 15.2 Å². The number of carbonyl (C=O) groups excluding carboxylic acids is 1. The van der Waals surface area contributed by atoms with Crippen LogP contribution in [-0.4, -0.2) is 47.8 Å². The summed E-state index contributed by atoms with van der Waals surface area (Å²) < 4.78 is 4.96. The predicted octanol–water partition coefficient (Wildman–Crippen LogP) is 2.58. The molecule has 3 atom stereocenters. The SMILES string of the molecule is COCC(=O)N[C@H]1[C@H](c2ccccc2)N(Cc2cccs2)CC[C@@]1(C)O. The highest BCUT2D eigenvalue weighted by molar-refractivity contribution is 7.09. The van der Waals surface area contributed by atoms with Crippen molar-refractivity contribution in [3.63, 3.8) is 0 Å². The number of benzene rings is 1. The highest BCUT2D eigenvalue weighted by Crippen LogP contribution is 2.38. The van der Waals surface area contributed by atoms with Gasteiger partial charge in [-0.2, -0.15) is 0 Å². The maximum Gasteiger partial charge on any atom is 0.246 e. The third-order valence-electron chi connectivity index (χ3n) is 4.96. The first kappa shape index (κ1) is 19.0. The van der Waals surface area contributed by atoms with Crippen LogP contribution in [-0.2, 0) is 16.1 Å². The Kier molecular flexibility index (Phi) is 6.09. The monoisotopic (exact) mass is 374 g/mol. The van der Waals surface area contributed by atoms with Crippen molar-refractivity contribution >= 4 is 17.2 Å². The Balaban J connectivity index is 1.93. The fourth-order valence-electron chi connectivity index (χ4n) is 3.63. The van der Waals surface area contributed by atoms with E-state index in [-0.39, 0.29) is 18.6 Å². The van der Waals surface area contributed by atoms with Crippen LogP contribution in [0, 0.1) is 0 Å². The molecule has 140 valence electrons. The second-order valence-corrected chi connectivity index (χ2v) is 8.02. The zero-order chi connectivity index (χ0) is 18.6. The summed E-state index contributed by atoms with van der Waals surface area (Å²) >= 11 is 1.73. The van der Waals surface area contributed by atoms with Crippen LogP contribution < -0.4 is 5.32 Å². The summed E-state index contributed by atoms with van der Waals surface area (Å²) in [6.45, 7) is 3.35. The number of ether oxygens (including phenoxy) is 1. The molecule has 2 heterocycles. The summed E-state index contributed by atoms with van der Waals surface area (Å²) in [5.41, 5.74) is 0.0994. The molecule has 1 aromatic carbocycles. The van der Waals surface area contributed by atoms with Crippen molar-refractivity contribution in [2.75, 3.05) is 20.3 Å². The lowest BCUT2D eigenvalue weighted by atomic mass is 9.79. The lowest BCUT2D eigenvalue weighted by molar-refractivity contribution is -0.132. The second-order valence-electron chi connectivity index (χ2n) is 6.99. The van der Waals surface area contributed by atoms with Gasteiger partial charge in [0.1, 0.15) is 6.61 Å². The molecule has 0 spiro atoms. The van der Waals surface area contributed by atoms with E-state index in [1.165, 1.54) is 12.0 Å². The van der Waals surface area contributed by atoms with Gasteiger partial charge in [0.2, 0.25) is 5.91 Å². The number of nitrogens with one attached hydrogen (secondary N) is 1. The number of thiophene rings is 1. The zero-order valence-corrected chi connectivity index (χ0v) is 16.0. The van der Waals surface area contributed by atoms with Gasteiger partial charge in [0.15, 0.2) is 0 Å². The van der Waals surface area contributed by atoms with Gasteiger partial charge in [0, 0.05) is 25.1 Å². The molecule has 5 nitrogen and oxygen atoms in total. The average Bonchev–Trinajstić information content (AvgIpc) is 3.12. The van der Waals surface area contributed by atoms with Crippen molar-refractivity contribution < 1.29 is 14.6 Å². The summed E-state index contributed by atoms with van der Waals surface area (Å²) in [7, 11) is 1.50. The predicted molar refractivity (Wildman–Crippen MR) is 103 cm³/mol. The van der Waals surface area contributed by atoms with Gasteiger partial charge in [-0.05, 0) is 30.4 Å². The Morgan fingerprint density at radius 2 is 2.12 bits per heavy atom. The minimum atomic E-state index is -0.990. The lowest BCUT2D eigenvalue weighted by Gasteiger charge is -2.49. The Hall–Kier alpha value is -1.73. The Morgan fingerprint density at radius 3 is 2.77 bits per heavy atom. The highest BCUT2D eigenvalue weighted by Gasteiger charge is 2.46. The van der Waals surface area contributed by atoms with Gasteiger partial charge in [-0.1, -0.05) is 36.4 Å². The van der Waals surface area contributed by atoms with Crippen LogP contribution >= 0.6 is 11.3 Å². The van der Waals surface area contributed by atoms with E-state index in [9.17, 15) is 9.90 Å². The number of rotatable bonds is 6. The molecule has 26 heavy (non-hydrogen) atoms. The number of piperidine rings is 1. The Morgan fingerprint density at radius 1 is 1.35 bits per heavy atom. The van der Waals surface area contributed by atoms with E-state index in [4.69, 9.17) is 4.74 Å². The summed E-state index contributed by atoms with van der Waals surface area (Å²) in [5.74, 6) is -0.211. The van der Waals surface area contributed by atoms with Crippen molar-refractivity contribution in [3.8, 4) is 0 Å². The third kappa shape index (κ3) is 4.32. The van der Waals surface area contributed by atoms with Crippen molar-refractivity contribution in [3.05, 3.63) is 58.3 Å². The normalized spacial score (nSPS) is 26.6. The number of amides is 1. The fraction of sp³-hybridized carbons (Fsp3) is 0.450. The molecule has 1 aliphatic rings. The molecule has 6 heteroatoms. The van der Waals surface area contributed by atoms with Crippen LogP contribution in [0.2, 0.25) is 0 Å². The van der Waals surface area contributed by atoms with E-state index in [2.05, 4.69) is 39.9 Å². The first-order valence-corrected chi connectivity index (χ1v) is 9.71. The van der Waals surface area contributed by atoms with Gasteiger partial charge >= 0.3 is 0 Å². The molecule has 1 fully saturated rings. The second kappa shape index (κ2) is 8.31. The molecule has 2 aromatic rings. The summed E-state index contributed by atoms with van der Waals surface area (Å²) in [5, 5.41) is 16.1. The average molecular weight is 375 g/mol. The van der Waals surface area contributed by atoms with Crippen LogP contribution in [0.4, 0.5) is 0 Å². The lowest BCUT2D eigenvalue weighted by Crippen LogP contribution is -2.62. The van der Waals surface area contributed by atoms with E-state index in [1.807, 2.05) is 25.1 Å². The largest absolute Gasteiger partial charge is 0.388 e. The molecule has 0 saturated carbocycles. The quantitative estimate of drug-likeness (QED) is 0.816.